The molecule has 0 atom stereocenters. The molecule has 3 N–H and O–H groups in total. The minimum atomic E-state index is -0.858. The van der Waals surface area contributed by atoms with Crippen LogP contribution in [0.25, 0.3) is 0 Å². The first-order chi connectivity index (χ1) is 9.52. The highest BCUT2D eigenvalue weighted by Gasteiger charge is 2.06. The standard InChI is InChI=1S/C14H18N2O4/c1-15-14(20)10-5-4-6-11(9-10)16-12(17)7-2-3-8-13(18)19/h4-6,9H,2-3,7-8H2,1H3,(H,15,20)(H,16,17)(H,18,19). The summed E-state index contributed by atoms with van der Waals surface area (Å²) >= 11 is 0. The number of aliphatic carboxylic acids is 1. The van der Waals surface area contributed by atoms with Crippen molar-refractivity contribution in [2.45, 2.75) is 25.7 Å². The number of benzene rings is 1. The quantitative estimate of drug-likeness (QED) is 0.660. The van der Waals surface area contributed by atoms with Crippen LogP contribution in [0.4, 0.5) is 5.69 Å². The van der Waals surface area contributed by atoms with Crippen LogP contribution in [0.15, 0.2) is 24.3 Å². The first kappa shape index (κ1) is 15.7. The van der Waals surface area contributed by atoms with Crippen molar-refractivity contribution < 1.29 is 19.5 Å². The average molecular weight is 278 g/mol. The highest BCUT2D eigenvalue weighted by atomic mass is 16.4. The molecular formula is C14H18N2O4. The molecule has 1 aromatic carbocycles. The van der Waals surface area contributed by atoms with Crippen molar-refractivity contribution in [2.75, 3.05) is 12.4 Å². The molecule has 0 aliphatic carbocycles. The first-order valence-corrected chi connectivity index (χ1v) is 6.36. The normalized spacial score (nSPS) is 9.85. The highest BCUT2D eigenvalue weighted by Crippen LogP contribution is 2.11. The van der Waals surface area contributed by atoms with Crippen LogP contribution in [0.5, 0.6) is 0 Å². The van der Waals surface area contributed by atoms with Gasteiger partial charge in [0.1, 0.15) is 0 Å². The summed E-state index contributed by atoms with van der Waals surface area (Å²) in [5, 5.41) is 13.7. The van der Waals surface area contributed by atoms with E-state index in [1.807, 2.05) is 0 Å². The maximum Gasteiger partial charge on any atom is 0.303 e. The lowest BCUT2D eigenvalue weighted by Crippen LogP contribution is -2.18. The van der Waals surface area contributed by atoms with E-state index in [1.54, 1.807) is 24.3 Å². The number of hydrogen-bond acceptors (Lipinski definition) is 3. The molecule has 0 spiro atoms. The molecule has 20 heavy (non-hydrogen) atoms. The van der Waals surface area contributed by atoms with Gasteiger partial charge in [-0.2, -0.15) is 0 Å². The molecule has 0 saturated carbocycles. The Morgan fingerprint density at radius 3 is 2.50 bits per heavy atom. The molecule has 6 nitrogen and oxygen atoms in total. The zero-order chi connectivity index (χ0) is 15.0. The Morgan fingerprint density at radius 2 is 1.85 bits per heavy atom. The summed E-state index contributed by atoms with van der Waals surface area (Å²) in [5.41, 5.74) is 1.02. The predicted octanol–water partition coefficient (Wildman–Crippen LogP) is 1.63. The molecule has 0 unspecified atom stereocenters. The third-order valence-electron chi connectivity index (χ3n) is 2.68. The monoisotopic (exact) mass is 278 g/mol. The molecule has 0 heterocycles. The van der Waals surface area contributed by atoms with Gasteiger partial charge in [-0.15, -0.1) is 0 Å². The Hall–Kier alpha value is -2.37. The molecule has 0 saturated heterocycles. The van der Waals surface area contributed by atoms with E-state index in [1.165, 1.54) is 7.05 Å². The SMILES string of the molecule is CNC(=O)c1cccc(NC(=O)CCCCC(=O)O)c1. The number of unbranched alkanes of at least 4 members (excludes halogenated alkanes) is 1. The van der Waals surface area contributed by atoms with E-state index in [9.17, 15) is 14.4 Å². The lowest BCUT2D eigenvalue weighted by atomic mass is 10.1. The molecular weight excluding hydrogens is 260 g/mol. The summed E-state index contributed by atoms with van der Waals surface area (Å²) in [4.78, 5) is 33.4. The van der Waals surface area contributed by atoms with E-state index in [0.717, 1.165) is 0 Å². The Labute approximate surface area is 117 Å². The summed E-state index contributed by atoms with van der Waals surface area (Å²) in [6.45, 7) is 0. The fourth-order valence-corrected chi connectivity index (χ4v) is 1.67. The van der Waals surface area contributed by atoms with Gasteiger partial charge in [0.05, 0.1) is 0 Å². The molecule has 1 rings (SSSR count). The van der Waals surface area contributed by atoms with Gasteiger partial charge in [-0.3, -0.25) is 14.4 Å². The van der Waals surface area contributed by atoms with E-state index in [4.69, 9.17) is 5.11 Å². The largest absolute Gasteiger partial charge is 0.481 e. The number of carbonyl (C=O) groups excluding carboxylic acids is 2. The Kier molecular flexibility index (Phi) is 6.22. The van der Waals surface area contributed by atoms with Gasteiger partial charge in [-0.1, -0.05) is 6.07 Å². The molecule has 2 amide bonds. The lowest BCUT2D eigenvalue weighted by molar-refractivity contribution is -0.137. The number of carboxylic acid groups (broad SMARTS) is 1. The van der Waals surface area contributed by atoms with Crippen molar-refractivity contribution >= 4 is 23.5 Å². The molecule has 0 bridgehead atoms. The zero-order valence-electron chi connectivity index (χ0n) is 11.3. The number of anilines is 1. The maximum absolute atomic E-state index is 11.6. The minimum Gasteiger partial charge on any atom is -0.481 e. The van der Waals surface area contributed by atoms with Crippen molar-refractivity contribution in [2.24, 2.45) is 0 Å². The predicted molar refractivity (Wildman–Crippen MR) is 74.6 cm³/mol. The second kappa shape index (κ2) is 7.93. The fourth-order valence-electron chi connectivity index (χ4n) is 1.67. The number of amides is 2. The summed E-state index contributed by atoms with van der Waals surface area (Å²) in [5.74, 6) is -1.27. The summed E-state index contributed by atoms with van der Waals surface area (Å²) < 4.78 is 0. The van der Waals surface area contributed by atoms with Crippen molar-refractivity contribution in [3.8, 4) is 0 Å². The summed E-state index contributed by atoms with van der Waals surface area (Å²) in [6, 6.07) is 6.63. The molecule has 0 aromatic heterocycles. The van der Waals surface area contributed by atoms with Gasteiger partial charge in [-0.25, -0.2) is 0 Å². The topological polar surface area (TPSA) is 95.5 Å². The van der Waals surface area contributed by atoms with Gasteiger partial charge < -0.3 is 15.7 Å². The van der Waals surface area contributed by atoms with Crippen LogP contribution < -0.4 is 10.6 Å². The molecule has 0 aliphatic rings. The summed E-state index contributed by atoms with van der Waals surface area (Å²) in [7, 11) is 1.54. The van der Waals surface area contributed by atoms with Crippen LogP contribution in [0, 0.1) is 0 Å². The lowest BCUT2D eigenvalue weighted by Gasteiger charge is -2.06. The van der Waals surface area contributed by atoms with Crippen LogP contribution in [0.3, 0.4) is 0 Å². The smallest absolute Gasteiger partial charge is 0.303 e. The van der Waals surface area contributed by atoms with Crippen LogP contribution in [0.1, 0.15) is 36.0 Å². The first-order valence-electron chi connectivity index (χ1n) is 6.36. The Morgan fingerprint density at radius 1 is 1.15 bits per heavy atom. The van der Waals surface area contributed by atoms with Crippen LogP contribution in [-0.2, 0) is 9.59 Å². The van der Waals surface area contributed by atoms with Gasteiger partial charge in [0.15, 0.2) is 0 Å². The maximum atomic E-state index is 11.6. The number of nitrogens with one attached hydrogen (secondary N) is 2. The third-order valence-corrected chi connectivity index (χ3v) is 2.68. The van der Waals surface area contributed by atoms with Crippen LogP contribution in [-0.4, -0.2) is 29.9 Å². The van der Waals surface area contributed by atoms with Crippen molar-refractivity contribution in [3.05, 3.63) is 29.8 Å². The van der Waals surface area contributed by atoms with Gasteiger partial charge >= 0.3 is 5.97 Å². The number of rotatable bonds is 7. The van der Waals surface area contributed by atoms with Crippen molar-refractivity contribution in [3.63, 3.8) is 0 Å². The van der Waals surface area contributed by atoms with E-state index < -0.39 is 5.97 Å². The highest BCUT2D eigenvalue weighted by molar-refractivity contribution is 5.97. The fraction of sp³-hybridized carbons (Fsp3) is 0.357. The molecule has 6 heteroatoms. The van der Waals surface area contributed by atoms with E-state index >= 15 is 0 Å². The van der Waals surface area contributed by atoms with Crippen molar-refractivity contribution in [1.29, 1.82) is 0 Å². The second-order valence-electron chi connectivity index (χ2n) is 4.31. The third kappa shape index (κ3) is 5.51. The molecule has 0 radical (unpaired) electrons. The average Bonchev–Trinajstić information content (AvgIpc) is 2.43. The van der Waals surface area contributed by atoms with Gasteiger partial charge in [0.25, 0.3) is 5.91 Å². The number of carbonyl (C=O) groups is 3. The van der Waals surface area contributed by atoms with Gasteiger partial charge in [-0.05, 0) is 31.0 Å². The Bertz CT molecular complexity index is 500. The van der Waals surface area contributed by atoms with Gasteiger partial charge in [0, 0.05) is 31.1 Å². The van der Waals surface area contributed by atoms with Gasteiger partial charge in [0.2, 0.25) is 5.91 Å². The molecule has 1 aromatic rings. The van der Waals surface area contributed by atoms with E-state index in [-0.39, 0.29) is 24.7 Å². The van der Waals surface area contributed by atoms with E-state index in [2.05, 4.69) is 10.6 Å². The second-order valence-corrected chi connectivity index (χ2v) is 4.31. The molecule has 0 aliphatic heterocycles. The number of carboxylic acids is 1. The van der Waals surface area contributed by atoms with E-state index in [0.29, 0.717) is 24.1 Å². The number of hydrogen-bond donors (Lipinski definition) is 3. The Balaban J connectivity index is 2.45. The molecule has 108 valence electrons. The minimum absolute atomic E-state index is 0.0689. The zero-order valence-corrected chi connectivity index (χ0v) is 11.3. The van der Waals surface area contributed by atoms with Crippen LogP contribution >= 0.6 is 0 Å². The van der Waals surface area contributed by atoms with Crippen LogP contribution in [0.2, 0.25) is 0 Å². The molecule has 0 fully saturated rings. The van der Waals surface area contributed by atoms with Crippen molar-refractivity contribution in [1.82, 2.24) is 5.32 Å². The summed E-state index contributed by atoms with van der Waals surface area (Å²) in [6.07, 6.45) is 1.32.